The molecule has 3 heterocycles. The summed E-state index contributed by atoms with van der Waals surface area (Å²) >= 11 is 7.73. The van der Waals surface area contributed by atoms with E-state index < -0.39 is 35.6 Å². The van der Waals surface area contributed by atoms with Gasteiger partial charge in [0, 0.05) is 17.3 Å². The molecule has 0 spiro atoms. The number of nitrogens with one attached hydrogen (secondary N) is 1. The molecule has 3 aromatic heterocycles. The van der Waals surface area contributed by atoms with Crippen molar-refractivity contribution < 1.29 is 23.5 Å². The maximum atomic E-state index is 14.7. The standard InChI is InChI=1S/C26H36ClFN6O4S/c1-14-17(12-18(15(2)28)30-23(35)37-25(4,5)6)16(3)34-20(14)21(31-22(27)32-34)33(13-19-29-10-11-39-19)24(36)38-26(7,8)9/h10-11,15,18H,12-13H2,1-9H3,(H,30,35)/t15-,18+/m0/s1. The maximum absolute atomic E-state index is 14.7. The minimum absolute atomic E-state index is 0.0860. The largest absolute Gasteiger partial charge is 0.444 e. The molecule has 10 nitrogen and oxygen atoms in total. The molecule has 0 aliphatic heterocycles. The van der Waals surface area contributed by atoms with E-state index in [1.807, 2.05) is 19.2 Å². The van der Waals surface area contributed by atoms with Crippen LogP contribution in [0.2, 0.25) is 5.28 Å². The van der Waals surface area contributed by atoms with Gasteiger partial charge in [-0.3, -0.25) is 4.90 Å². The molecule has 1 N–H and O–H groups in total. The fourth-order valence-corrected chi connectivity index (χ4v) is 4.77. The number of hydrogen-bond acceptors (Lipinski definition) is 8. The van der Waals surface area contributed by atoms with E-state index in [4.69, 9.17) is 21.1 Å². The fourth-order valence-electron chi connectivity index (χ4n) is 4.01. The van der Waals surface area contributed by atoms with E-state index in [-0.39, 0.29) is 24.1 Å². The van der Waals surface area contributed by atoms with Gasteiger partial charge in [0.1, 0.15) is 27.9 Å². The zero-order chi connectivity index (χ0) is 29.3. The van der Waals surface area contributed by atoms with Gasteiger partial charge in [-0.15, -0.1) is 16.4 Å². The minimum Gasteiger partial charge on any atom is -0.444 e. The molecule has 0 aliphatic rings. The van der Waals surface area contributed by atoms with Crippen molar-refractivity contribution in [3.8, 4) is 0 Å². The van der Waals surface area contributed by atoms with Gasteiger partial charge < -0.3 is 14.8 Å². The van der Waals surface area contributed by atoms with Crippen LogP contribution in [0.1, 0.15) is 70.3 Å². The first-order chi connectivity index (χ1) is 18.0. The number of rotatable bonds is 7. The van der Waals surface area contributed by atoms with Crippen molar-refractivity contribution in [2.75, 3.05) is 4.90 Å². The second kappa shape index (κ2) is 11.6. The first-order valence-electron chi connectivity index (χ1n) is 12.5. The Labute approximate surface area is 236 Å². The summed E-state index contributed by atoms with van der Waals surface area (Å²) < 4.78 is 27.3. The second-order valence-electron chi connectivity index (χ2n) is 11.3. The summed E-state index contributed by atoms with van der Waals surface area (Å²) in [4.78, 5) is 35.9. The number of aryl methyl sites for hydroxylation is 2. The fraction of sp³-hybridized carbons (Fsp3) is 0.577. The number of alkyl halides is 1. The van der Waals surface area contributed by atoms with Crippen LogP contribution in [0, 0.1) is 13.8 Å². The van der Waals surface area contributed by atoms with Crippen LogP contribution < -0.4 is 10.2 Å². The molecular formula is C26H36ClFN6O4S. The Kier molecular flexibility index (Phi) is 9.11. The number of hydrogen-bond donors (Lipinski definition) is 1. The molecule has 3 aromatic rings. The van der Waals surface area contributed by atoms with Gasteiger partial charge >= 0.3 is 12.2 Å². The molecule has 0 fully saturated rings. The van der Waals surface area contributed by atoms with Crippen molar-refractivity contribution in [1.82, 2.24) is 24.9 Å². The Morgan fingerprint density at radius 1 is 1.18 bits per heavy atom. The van der Waals surface area contributed by atoms with Gasteiger partial charge in [0.25, 0.3) is 0 Å². The predicted octanol–water partition coefficient (Wildman–Crippen LogP) is 6.19. The van der Waals surface area contributed by atoms with Crippen LogP contribution in [0.3, 0.4) is 0 Å². The number of halogens is 2. The van der Waals surface area contributed by atoms with Gasteiger partial charge in [-0.1, -0.05) is 0 Å². The Balaban J connectivity index is 2.10. The first kappa shape index (κ1) is 30.6. The summed E-state index contributed by atoms with van der Waals surface area (Å²) in [5.41, 5.74) is 1.13. The van der Waals surface area contributed by atoms with Gasteiger partial charge in [0.2, 0.25) is 5.28 Å². The van der Waals surface area contributed by atoms with Crippen LogP contribution in [0.4, 0.5) is 19.8 Å². The average Bonchev–Trinajstić information content (AvgIpc) is 3.36. The number of thiazole rings is 1. The molecule has 13 heteroatoms. The predicted molar refractivity (Wildman–Crippen MR) is 149 cm³/mol. The quantitative estimate of drug-likeness (QED) is 0.353. The van der Waals surface area contributed by atoms with E-state index in [0.717, 1.165) is 5.56 Å². The van der Waals surface area contributed by atoms with Gasteiger partial charge in [-0.25, -0.2) is 23.5 Å². The van der Waals surface area contributed by atoms with Crippen molar-refractivity contribution in [2.45, 2.75) is 98.7 Å². The van der Waals surface area contributed by atoms with Gasteiger partial charge in [-0.2, -0.15) is 4.98 Å². The Bertz CT molecular complexity index is 1330. The normalized spacial score (nSPS) is 13.7. The molecule has 39 heavy (non-hydrogen) atoms. The summed E-state index contributed by atoms with van der Waals surface area (Å²) in [5.74, 6) is 0.233. The lowest BCUT2D eigenvalue weighted by molar-refractivity contribution is 0.0476. The van der Waals surface area contributed by atoms with Crippen LogP contribution in [0.5, 0.6) is 0 Å². The minimum atomic E-state index is -1.38. The summed E-state index contributed by atoms with van der Waals surface area (Å²) in [6, 6.07) is -0.876. The van der Waals surface area contributed by atoms with Crippen LogP contribution in [0.15, 0.2) is 11.6 Å². The van der Waals surface area contributed by atoms with E-state index in [1.165, 1.54) is 23.2 Å². The second-order valence-corrected chi connectivity index (χ2v) is 12.6. The van der Waals surface area contributed by atoms with Crippen molar-refractivity contribution in [3.05, 3.63) is 38.7 Å². The third kappa shape index (κ3) is 7.78. The first-order valence-corrected chi connectivity index (χ1v) is 13.8. The molecule has 2 amide bonds. The molecule has 0 aromatic carbocycles. The molecule has 0 aliphatic carbocycles. The highest BCUT2D eigenvalue weighted by Crippen LogP contribution is 2.33. The Morgan fingerprint density at radius 3 is 2.36 bits per heavy atom. The molecule has 3 rings (SSSR count). The van der Waals surface area contributed by atoms with Crippen molar-refractivity contribution in [2.24, 2.45) is 0 Å². The molecule has 0 unspecified atom stereocenters. The molecule has 0 saturated heterocycles. The zero-order valence-corrected chi connectivity index (χ0v) is 25.3. The van der Waals surface area contributed by atoms with Crippen molar-refractivity contribution >= 4 is 46.5 Å². The molecule has 0 bridgehead atoms. The highest BCUT2D eigenvalue weighted by Gasteiger charge is 2.31. The lowest BCUT2D eigenvalue weighted by Gasteiger charge is -2.27. The zero-order valence-electron chi connectivity index (χ0n) is 23.8. The van der Waals surface area contributed by atoms with Crippen LogP contribution in [0.25, 0.3) is 5.52 Å². The number of nitrogens with zero attached hydrogens (tertiary/aromatic N) is 5. The van der Waals surface area contributed by atoms with Gasteiger partial charge in [-0.05, 0) is 91.5 Å². The number of amides is 2. The summed E-state index contributed by atoms with van der Waals surface area (Å²) in [5, 5.41) is 9.40. The number of fused-ring (bicyclic) bond motifs is 1. The summed E-state index contributed by atoms with van der Waals surface area (Å²) in [7, 11) is 0. The third-order valence-electron chi connectivity index (χ3n) is 5.69. The topological polar surface area (TPSA) is 111 Å². The van der Waals surface area contributed by atoms with E-state index in [2.05, 4.69) is 20.4 Å². The van der Waals surface area contributed by atoms with Gasteiger partial charge in [0.15, 0.2) is 5.82 Å². The van der Waals surface area contributed by atoms with Gasteiger partial charge in [0.05, 0.1) is 12.6 Å². The lowest BCUT2D eigenvalue weighted by atomic mass is 9.99. The maximum Gasteiger partial charge on any atom is 0.416 e. The number of anilines is 1. The number of carbonyl (C=O) groups is 2. The third-order valence-corrected chi connectivity index (χ3v) is 6.62. The molecule has 2 atom stereocenters. The Morgan fingerprint density at radius 2 is 1.82 bits per heavy atom. The smallest absolute Gasteiger partial charge is 0.416 e. The van der Waals surface area contributed by atoms with E-state index in [1.54, 1.807) is 52.3 Å². The molecule has 0 saturated carbocycles. The monoisotopic (exact) mass is 582 g/mol. The summed E-state index contributed by atoms with van der Waals surface area (Å²) in [6.07, 6.45) is -0.920. The molecular weight excluding hydrogens is 547 g/mol. The van der Waals surface area contributed by atoms with E-state index in [0.29, 0.717) is 21.8 Å². The summed E-state index contributed by atoms with van der Waals surface area (Å²) in [6.45, 7) is 15.7. The van der Waals surface area contributed by atoms with Crippen LogP contribution in [-0.4, -0.2) is 55.2 Å². The Hall–Kier alpha value is -2.99. The average molecular weight is 583 g/mol. The van der Waals surface area contributed by atoms with Crippen LogP contribution in [-0.2, 0) is 22.4 Å². The lowest BCUT2D eigenvalue weighted by Crippen LogP contribution is -2.44. The van der Waals surface area contributed by atoms with Crippen LogP contribution >= 0.6 is 22.9 Å². The van der Waals surface area contributed by atoms with E-state index >= 15 is 0 Å². The van der Waals surface area contributed by atoms with Crippen molar-refractivity contribution in [3.63, 3.8) is 0 Å². The molecule has 0 radical (unpaired) electrons. The number of alkyl carbamates (subject to hydrolysis) is 1. The SMILES string of the molecule is Cc1c(C[C@@H](NC(=O)OC(C)(C)C)[C@H](C)F)c(C)n2nc(Cl)nc(N(Cc3nccs3)C(=O)OC(C)(C)C)c12. The number of aromatic nitrogens is 4. The highest BCUT2D eigenvalue weighted by molar-refractivity contribution is 7.09. The molecule has 214 valence electrons. The van der Waals surface area contributed by atoms with E-state index in [9.17, 15) is 14.0 Å². The number of carbonyl (C=O) groups excluding carboxylic acids is 2. The highest BCUT2D eigenvalue weighted by atomic mass is 35.5. The number of ether oxygens (including phenoxy) is 2. The van der Waals surface area contributed by atoms with Crippen molar-refractivity contribution in [1.29, 1.82) is 0 Å².